The molecule has 140 valence electrons. The van der Waals surface area contributed by atoms with E-state index in [0.717, 1.165) is 17.2 Å². The summed E-state index contributed by atoms with van der Waals surface area (Å²) in [5.41, 5.74) is 1.28. The average molecular weight is 379 g/mol. The number of carbonyl (C=O) groups is 1. The van der Waals surface area contributed by atoms with Crippen LogP contribution in [0.4, 0.5) is 10.5 Å². The summed E-state index contributed by atoms with van der Waals surface area (Å²) >= 11 is 0. The van der Waals surface area contributed by atoms with Crippen LogP contribution < -0.4 is 15.7 Å². The van der Waals surface area contributed by atoms with Gasteiger partial charge in [0, 0.05) is 42.3 Å². The minimum atomic E-state index is -3.31. The van der Waals surface area contributed by atoms with Gasteiger partial charge in [-0.3, -0.25) is 0 Å². The van der Waals surface area contributed by atoms with E-state index in [9.17, 15) is 18.0 Å². The molecule has 1 aliphatic rings. The van der Waals surface area contributed by atoms with Gasteiger partial charge in [0.2, 0.25) is 10.0 Å². The van der Waals surface area contributed by atoms with Gasteiger partial charge in [-0.05, 0) is 37.5 Å². The van der Waals surface area contributed by atoms with Crippen LogP contribution in [0.1, 0.15) is 18.4 Å². The summed E-state index contributed by atoms with van der Waals surface area (Å²) in [5.74, 6) is 0. The fourth-order valence-electron chi connectivity index (χ4n) is 3.17. The second-order valence-corrected chi connectivity index (χ2v) is 8.34. The van der Waals surface area contributed by atoms with E-state index in [1.54, 1.807) is 23.1 Å². The first-order valence-electron chi connectivity index (χ1n) is 8.29. The van der Waals surface area contributed by atoms with Crippen LogP contribution in [0.2, 0.25) is 0 Å². The third-order valence-electron chi connectivity index (χ3n) is 4.29. The van der Waals surface area contributed by atoms with E-state index in [1.165, 1.54) is 6.07 Å². The summed E-state index contributed by atoms with van der Waals surface area (Å²) in [6, 6.07) is 5.94. The molecule has 2 N–H and O–H groups in total. The molecular weight excluding hydrogens is 358 g/mol. The van der Waals surface area contributed by atoms with Crippen LogP contribution in [0.5, 0.6) is 0 Å². The van der Waals surface area contributed by atoms with Crippen LogP contribution in [0.15, 0.2) is 33.5 Å². The molecule has 2 aromatic rings. The van der Waals surface area contributed by atoms with Crippen molar-refractivity contribution < 1.29 is 17.6 Å². The quantitative estimate of drug-likeness (QED) is 0.788. The molecule has 0 saturated carbocycles. The smallest absolute Gasteiger partial charge is 0.336 e. The minimum Gasteiger partial charge on any atom is -0.423 e. The molecule has 0 unspecified atom stereocenters. The van der Waals surface area contributed by atoms with Gasteiger partial charge < -0.3 is 14.6 Å². The van der Waals surface area contributed by atoms with E-state index < -0.39 is 15.6 Å². The Morgan fingerprint density at radius 1 is 1.31 bits per heavy atom. The van der Waals surface area contributed by atoms with Gasteiger partial charge in [-0.2, -0.15) is 0 Å². The fourth-order valence-corrected chi connectivity index (χ4v) is 3.96. The number of sulfonamides is 1. The Balaban J connectivity index is 1.73. The first kappa shape index (κ1) is 18.4. The van der Waals surface area contributed by atoms with E-state index >= 15 is 0 Å². The number of carbonyl (C=O) groups excluding carboxylic acids is 1. The summed E-state index contributed by atoms with van der Waals surface area (Å²) in [7, 11) is -3.31. The van der Waals surface area contributed by atoms with Crippen molar-refractivity contribution in [2.45, 2.75) is 25.8 Å². The van der Waals surface area contributed by atoms with Crippen molar-refractivity contribution in [2.75, 3.05) is 24.7 Å². The summed E-state index contributed by atoms with van der Waals surface area (Å²) in [6.45, 7) is 2.68. The van der Waals surface area contributed by atoms with Gasteiger partial charge in [-0.25, -0.2) is 22.7 Å². The number of nitrogens with one attached hydrogen (secondary N) is 2. The maximum Gasteiger partial charge on any atom is 0.336 e. The molecular formula is C17H21N3O5S. The zero-order valence-corrected chi connectivity index (χ0v) is 15.4. The zero-order valence-electron chi connectivity index (χ0n) is 14.6. The largest absolute Gasteiger partial charge is 0.423 e. The van der Waals surface area contributed by atoms with E-state index in [4.69, 9.17) is 4.42 Å². The number of piperidine rings is 1. The van der Waals surface area contributed by atoms with Gasteiger partial charge in [0.25, 0.3) is 0 Å². The number of benzene rings is 1. The molecule has 0 spiro atoms. The lowest BCUT2D eigenvalue weighted by molar-refractivity contribution is 0.190. The monoisotopic (exact) mass is 379 g/mol. The minimum absolute atomic E-state index is 0.290. The lowest BCUT2D eigenvalue weighted by atomic mass is 10.1. The number of amides is 2. The highest BCUT2D eigenvalue weighted by Crippen LogP contribution is 2.21. The number of rotatable bonds is 3. The van der Waals surface area contributed by atoms with Crippen molar-refractivity contribution in [3.05, 3.63) is 40.2 Å². The van der Waals surface area contributed by atoms with Gasteiger partial charge in [-0.15, -0.1) is 0 Å². The highest BCUT2D eigenvalue weighted by Gasteiger charge is 2.25. The van der Waals surface area contributed by atoms with Crippen molar-refractivity contribution in [2.24, 2.45) is 0 Å². The van der Waals surface area contributed by atoms with Crippen molar-refractivity contribution >= 4 is 32.7 Å². The SMILES string of the molecule is Cc1cc(=O)oc2cc(NC(=O)N3CCC[C@H](NS(C)(=O)=O)C3)ccc12. The Bertz CT molecular complexity index is 999. The predicted molar refractivity (Wildman–Crippen MR) is 98.8 cm³/mol. The molecule has 2 amide bonds. The molecule has 1 fully saturated rings. The summed E-state index contributed by atoms with van der Waals surface area (Å²) in [4.78, 5) is 25.6. The second kappa shape index (κ2) is 7.08. The lowest BCUT2D eigenvalue weighted by Crippen LogP contribution is -2.50. The molecule has 8 nitrogen and oxygen atoms in total. The van der Waals surface area contributed by atoms with Gasteiger partial charge in [0.1, 0.15) is 5.58 Å². The summed E-state index contributed by atoms with van der Waals surface area (Å²) < 4.78 is 30.5. The maximum atomic E-state index is 12.5. The van der Waals surface area contributed by atoms with E-state index in [-0.39, 0.29) is 12.1 Å². The highest BCUT2D eigenvalue weighted by atomic mass is 32.2. The molecule has 0 radical (unpaired) electrons. The molecule has 26 heavy (non-hydrogen) atoms. The summed E-state index contributed by atoms with van der Waals surface area (Å²) in [6.07, 6.45) is 2.51. The van der Waals surface area contributed by atoms with E-state index in [1.807, 2.05) is 6.92 Å². The Morgan fingerprint density at radius 2 is 2.08 bits per heavy atom. The lowest BCUT2D eigenvalue weighted by Gasteiger charge is -2.32. The van der Waals surface area contributed by atoms with E-state index in [2.05, 4.69) is 10.0 Å². The molecule has 0 aliphatic carbocycles. The number of fused-ring (bicyclic) bond motifs is 1. The van der Waals surface area contributed by atoms with E-state index in [0.29, 0.717) is 37.2 Å². The number of hydrogen-bond donors (Lipinski definition) is 2. The van der Waals surface area contributed by atoms with Crippen molar-refractivity contribution in [1.29, 1.82) is 0 Å². The van der Waals surface area contributed by atoms with Crippen LogP contribution in [0.3, 0.4) is 0 Å². The maximum absolute atomic E-state index is 12.5. The number of hydrogen-bond acceptors (Lipinski definition) is 5. The first-order chi connectivity index (χ1) is 12.2. The average Bonchev–Trinajstić information content (AvgIpc) is 2.53. The van der Waals surface area contributed by atoms with Crippen LogP contribution in [-0.2, 0) is 10.0 Å². The molecule has 1 atom stereocenters. The van der Waals surface area contributed by atoms with Crippen LogP contribution in [0, 0.1) is 6.92 Å². The first-order valence-corrected chi connectivity index (χ1v) is 10.2. The fraction of sp³-hybridized carbons (Fsp3) is 0.412. The summed E-state index contributed by atoms with van der Waals surface area (Å²) in [5, 5.41) is 3.58. The topological polar surface area (TPSA) is 109 Å². The Hall–Kier alpha value is -2.39. The number of likely N-dealkylation sites (tertiary alicyclic amines) is 1. The number of nitrogens with zero attached hydrogens (tertiary/aromatic N) is 1. The van der Waals surface area contributed by atoms with Gasteiger partial charge in [-0.1, -0.05) is 0 Å². The predicted octanol–water partition coefficient (Wildman–Crippen LogP) is 1.65. The second-order valence-electron chi connectivity index (χ2n) is 6.56. The molecule has 1 aliphatic heterocycles. The number of anilines is 1. The third kappa shape index (κ3) is 4.41. The van der Waals surface area contributed by atoms with Crippen LogP contribution in [-0.4, -0.2) is 44.7 Å². The molecule has 1 saturated heterocycles. The number of aryl methyl sites for hydroxylation is 1. The van der Waals surface area contributed by atoms with Crippen molar-refractivity contribution in [3.63, 3.8) is 0 Å². The van der Waals surface area contributed by atoms with Crippen LogP contribution in [0.25, 0.3) is 11.0 Å². The molecule has 2 heterocycles. The number of urea groups is 1. The highest BCUT2D eigenvalue weighted by molar-refractivity contribution is 7.88. The van der Waals surface area contributed by atoms with Crippen LogP contribution >= 0.6 is 0 Å². The van der Waals surface area contributed by atoms with Gasteiger partial charge in [0.15, 0.2) is 0 Å². The molecule has 1 aromatic carbocycles. The Kier molecular flexibility index (Phi) is 5.01. The zero-order chi connectivity index (χ0) is 18.9. The van der Waals surface area contributed by atoms with Gasteiger partial charge in [0.05, 0.1) is 6.26 Å². The van der Waals surface area contributed by atoms with Crippen molar-refractivity contribution in [3.8, 4) is 0 Å². The standard InChI is InChI=1S/C17H21N3O5S/c1-11-8-16(21)25-15-9-12(5-6-14(11)15)18-17(22)20-7-3-4-13(10-20)19-26(2,23)24/h5-6,8-9,13,19H,3-4,7,10H2,1-2H3,(H,18,22)/t13-/m0/s1. The molecule has 0 bridgehead atoms. The Labute approximate surface area is 151 Å². The van der Waals surface area contributed by atoms with Gasteiger partial charge >= 0.3 is 11.7 Å². The van der Waals surface area contributed by atoms with Crippen molar-refractivity contribution in [1.82, 2.24) is 9.62 Å². The third-order valence-corrected chi connectivity index (χ3v) is 5.05. The Morgan fingerprint density at radius 3 is 2.81 bits per heavy atom. The molecule has 3 rings (SSSR count). The molecule has 9 heteroatoms. The molecule has 1 aromatic heterocycles. The normalized spacial score (nSPS) is 18.1.